The predicted octanol–water partition coefficient (Wildman–Crippen LogP) is 2.87. The van der Waals surface area contributed by atoms with E-state index in [0.717, 1.165) is 11.0 Å². The van der Waals surface area contributed by atoms with E-state index in [-0.39, 0.29) is 11.3 Å². The summed E-state index contributed by atoms with van der Waals surface area (Å²) in [6.07, 6.45) is 1.78. The fourth-order valence-electron chi connectivity index (χ4n) is 2.53. The van der Waals surface area contributed by atoms with Crippen molar-refractivity contribution < 1.29 is 4.79 Å². The van der Waals surface area contributed by atoms with Crippen LogP contribution in [0.2, 0.25) is 0 Å². The number of Topliss-reactive ketones (excluding diaryl/α,β-unsaturated/α-hetero) is 1. The Morgan fingerprint density at radius 3 is 2.84 bits per heavy atom. The molecule has 0 fully saturated rings. The molecule has 0 unspecified atom stereocenters. The second kappa shape index (κ2) is 6.93. The molecular formula is C16H17N5O2S2. The SMILES string of the molecule is C=CCn1c(C)nnc1SCc1nc2sc(C(C)=O)c(C)c2c(=O)[nH]1. The number of allylic oxidation sites excluding steroid dienone is 1. The van der Waals surface area contributed by atoms with Crippen molar-refractivity contribution >= 4 is 39.1 Å². The topological polar surface area (TPSA) is 93.5 Å². The first-order chi connectivity index (χ1) is 11.9. The number of ketones is 1. The average Bonchev–Trinajstić information content (AvgIpc) is 3.07. The molecule has 0 saturated carbocycles. The van der Waals surface area contributed by atoms with Crippen LogP contribution >= 0.6 is 23.1 Å². The molecule has 0 aliphatic rings. The number of carbonyl (C=O) groups is 1. The Bertz CT molecular complexity index is 1030. The van der Waals surface area contributed by atoms with E-state index in [1.54, 1.807) is 13.0 Å². The number of thiophene rings is 1. The highest BCUT2D eigenvalue weighted by Gasteiger charge is 2.17. The molecule has 1 N–H and O–H groups in total. The quantitative estimate of drug-likeness (QED) is 0.404. The van der Waals surface area contributed by atoms with Gasteiger partial charge in [-0.3, -0.25) is 9.59 Å². The van der Waals surface area contributed by atoms with Crippen molar-refractivity contribution in [2.45, 2.75) is 38.2 Å². The summed E-state index contributed by atoms with van der Waals surface area (Å²) in [6, 6.07) is 0. The molecule has 25 heavy (non-hydrogen) atoms. The number of aromatic amines is 1. The minimum absolute atomic E-state index is 0.0520. The number of H-pyrrole nitrogens is 1. The molecule has 0 radical (unpaired) electrons. The third-order valence-corrected chi connectivity index (χ3v) is 5.99. The number of thioether (sulfide) groups is 1. The summed E-state index contributed by atoms with van der Waals surface area (Å²) in [5.41, 5.74) is 0.479. The largest absolute Gasteiger partial charge is 0.309 e. The van der Waals surface area contributed by atoms with Gasteiger partial charge in [0.1, 0.15) is 16.5 Å². The number of hydrogen-bond donors (Lipinski definition) is 1. The van der Waals surface area contributed by atoms with Crippen molar-refractivity contribution in [3.63, 3.8) is 0 Å². The third-order valence-electron chi connectivity index (χ3n) is 3.72. The molecule has 0 aromatic carbocycles. The molecule has 3 rings (SSSR count). The lowest BCUT2D eigenvalue weighted by Crippen LogP contribution is -2.11. The summed E-state index contributed by atoms with van der Waals surface area (Å²) in [5.74, 6) is 1.75. The Morgan fingerprint density at radius 2 is 2.16 bits per heavy atom. The standard InChI is InChI=1S/C16H17N5O2S2/c1-5-6-21-10(4)19-20-16(21)24-7-11-17-14(23)12-8(2)13(9(3)22)25-15(12)18-11/h5H,1,6-7H2,2-4H3,(H,17,18,23). The van der Waals surface area contributed by atoms with Gasteiger partial charge in [0.15, 0.2) is 10.9 Å². The molecule has 0 spiro atoms. The normalized spacial score (nSPS) is 11.2. The zero-order chi connectivity index (χ0) is 18.1. The molecule has 0 saturated heterocycles. The van der Waals surface area contributed by atoms with Gasteiger partial charge in [-0.2, -0.15) is 0 Å². The highest BCUT2D eigenvalue weighted by Crippen LogP contribution is 2.28. The van der Waals surface area contributed by atoms with Crippen molar-refractivity contribution in [2.75, 3.05) is 0 Å². The maximum absolute atomic E-state index is 12.4. The maximum atomic E-state index is 12.4. The van der Waals surface area contributed by atoms with Crippen LogP contribution in [0.15, 0.2) is 22.6 Å². The van der Waals surface area contributed by atoms with Gasteiger partial charge in [-0.1, -0.05) is 17.8 Å². The number of hydrogen-bond acceptors (Lipinski definition) is 7. The monoisotopic (exact) mass is 375 g/mol. The number of nitrogens with one attached hydrogen (secondary N) is 1. The molecule has 0 aliphatic heterocycles. The highest BCUT2D eigenvalue weighted by molar-refractivity contribution is 7.98. The molecular weight excluding hydrogens is 358 g/mol. The van der Waals surface area contributed by atoms with Crippen LogP contribution in [0.1, 0.15) is 33.8 Å². The van der Waals surface area contributed by atoms with Gasteiger partial charge < -0.3 is 9.55 Å². The number of fused-ring (bicyclic) bond motifs is 1. The zero-order valence-electron chi connectivity index (χ0n) is 14.1. The molecule has 9 heteroatoms. The molecule has 0 aliphatic carbocycles. The first-order valence-electron chi connectivity index (χ1n) is 7.59. The van der Waals surface area contributed by atoms with Crippen LogP contribution in [0.3, 0.4) is 0 Å². The number of carbonyl (C=O) groups excluding carboxylic acids is 1. The second-order valence-electron chi connectivity index (χ2n) is 5.52. The number of aryl methyl sites for hydroxylation is 2. The lowest BCUT2D eigenvalue weighted by molar-refractivity contribution is 0.102. The van der Waals surface area contributed by atoms with Crippen LogP contribution in [0, 0.1) is 13.8 Å². The Hall–Kier alpha value is -2.26. The van der Waals surface area contributed by atoms with E-state index in [2.05, 4.69) is 26.7 Å². The summed E-state index contributed by atoms with van der Waals surface area (Å²) in [7, 11) is 0. The average molecular weight is 375 g/mol. The van der Waals surface area contributed by atoms with Gasteiger partial charge in [-0.05, 0) is 26.3 Å². The minimum Gasteiger partial charge on any atom is -0.309 e. The van der Waals surface area contributed by atoms with E-state index in [9.17, 15) is 9.59 Å². The fraction of sp³-hybridized carbons (Fsp3) is 0.312. The van der Waals surface area contributed by atoms with E-state index < -0.39 is 0 Å². The number of nitrogens with zero attached hydrogens (tertiary/aromatic N) is 4. The number of rotatable bonds is 6. The van der Waals surface area contributed by atoms with E-state index >= 15 is 0 Å². The first-order valence-corrected chi connectivity index (χ1v) is 9.39. The summed E-state index contributed by atoms with van der Waals surface area (Å²) >= 11 is 2.70. The van der Waals surface area contributed by atoms with Gasteiger partial charge in [0.25, 0.3) is 5.56 Å². The summed E-state index contributed by atoms with van der Waals surface area (Å²) < 4.78 is 1.94. The van der Waals surface area contributed by atoms with Crippen molar-refractivity contribution in [1.82, 2.24) is 24.7 Å². The maximum Gasteiger partial charge on any atom is 0.259 e. The molecule has 3 heterocycles. The second-order valence-corrected chi connectivity index (χ2v) is 7.46. The van der Waals surface area contributed by atoms with Crippen LogP contribution in [0.4, 0.5) is 0 Å². The predicted molar refractivity (Wildman–Crippen MR) is 99.5 cm³/mol. The smallest absolute Gasteiger partial charge is 0.259 e. The van der Waals surface area contributed by atoms with Gasteiger partial charge in [-0.15, -0.1) is 28.1 Å². The summed E-state index contributed by atoms with van der Waals surface area (Å²) in [6.45, 7) is 9.51. The van der Waals surface area contributed by atoms with Gasteiger partial charge >= 0.3 is 0 Å². The molecule has 3 aromatic heterocycles. The summed E-state index contributed by atoms with van der Waals surface area (Å²) in [4.78, 5) is 32.6. The molecule has 0 amide bonds. The van der Waals surface area contributed by atoms with Crippen LogP contribution in [0.25, 0.3) is 10.2 Å². The van der Waals surface area contributed by atoms with Crippen LogP contribution in [-0.4, -0.2) is 30.5 Å². The Morgan fingerprint density at radius 1 is 1.40 bits per heavy atom. The minimum atomic E-state index is -0.217. The van der Waals surface area contributed by atoms with Gasteiger partial charge in [0, 0.05) is 6.54 Å². The van der Waals surface area contributed by atoms with Crippen molar-refractivity contribution in [3.05, 3.63) is 45.1 Å². The fourth-order valence-corrected chi connectivity index (χ4v) is 4.49. The summed E-state index contributed by atoms with van der Waals surface area (Å²) in [5, 5.41) is 9.45. The molecule has 0 atom stereocenters. The molecule has 7 nitrogen and oxygen atoms in total. The van der Waals surface area contributed by atoms with Crippen molar-refractivity contribution in [2.24, 2.45) is 0 Å². The van der Waals surface area contributed by atoms with Crippen molar-refractivity contribution in [3.8, 4) is 0 Å². The van der Waals surface area contributed by atoms with Crippen LogP contribution < -0.4 is 5.56 Å². The molecule has 0 bridgehead atoms. The van der Waals surface area contributed by atoms with Gasteiger partial charge in [-0.25, -0.2) is 4.98 Å². The lowest BCUT2D eigenvalue weighted by Gasteiger charge is -2.05. The lowest BCUT2D eigenvalue weighted by atomic mass is 10.2. The first kappa shape index (κ1) is 17.6. The third kappa shape index (κ3) is 3.29. The van der Waals surface area contributed by atoms with Crippen LogP contribution in [-0.2, 0) is 12.3 Å². The van der Waals surface area contributed by atoms with E-state index in [1.165, 1.54) is 30.0 Å². The van der Waals surface area contributed by atoms with Gasteiger partial charge in [0.2, 0.25) is 0 Å². The van der Waals surface area contributed by atoms with Crippen molar-refractivity contribution in [1.29, 1.82) is 0 Å². The highest BCUT2D eigenvalue weighted by atomic mass is 32.2. The Labute approximate surface area is 152 Å². The Balaban J connectivity index is 1.91. The molecule has 3 aromatic rings. The zero-order valence-corrected chi connectivity index (χ0v) is 15.8. The molecule has 130 valence electrons. The number of aromatic nitrogens is 5. The van der Waals surface area contributed by atoms with E-state index in [1.807, 2.05) is 11.5 Å². The Kier molecular flexibility index (Phi) is 4.87. The van der Waals surface area contributed by atoms with Crippen LogP contribution in [0.5, 0.6) is 0 Å². The van der Waals surface area contributed by atoms with E-state index in [4.69, 9.17) is 0 Å². The van der Waals surface area contributed by atoms with E-state index in [0.29, 0.717) is 38.8 Å². The van der Waals surface area contributed by atoms with Gasteiger partial charge in [0.05, 0.1) is 16.0 Å².